The highest BCUT2D eigenvalue weighted by Gasteiger charge is 2.19. The van der Waals surface area contributed by atoms with Crippen molar-refractivity contribution in [2.45, 2.75) is 19.4 Å². The quantitative estimate of drug-likeness (QED) is 0.916. The number of fused-ring (bicyclic) bond motifs is 1. The zero-order chi connectivity index (χ0) is 12.4. The fourth-order valence-electron chi connectivity index (χ4n) is 2.28. The van der Waals surface area contributed by atoms with Crippen LogP contribution in [0, 0.1) is 0 Å². The largest absolute Gasteiger partial charge is 0.493 e. The number of hydrogen-bond donors (Lipinski definition) is 1. The van der Waals surface area contributed by atoms with Crippen LogP contribution in [0.5, 0.6) is 5.75 Å². The standard InChI is InChI=1S/C13H15N3OS/c1-2-14-13(11-8-15-18-16-11)10-3-4-12-9(7-10)5-6-17-12/h3-4,7-8,13-14H,2,5-6H2,1H3. The Labute approximate surface area is 110 Å². The predicted octanol–water partition coefficient (Wildman–Crippen LogP) is 2.17. The van der Waals surface area contributed by atoms with Crippen molar-refractivity contribution in [1.29, 1.82) is 0 Å². The summed E-state index contributed by atoms with van der Waals surface area (Å²) in [4.78, 5) is 0. The van der Waals surface area contributed by atoms with E-state index in [0.717, 1.165) is 31.0 Å². The van der Waals surface area contributed by atoms with Gasteiger partial charge in [0, 0.05) is 6.42 Å². The predicted molar refractivity (Wildman–Crippen MR) is 71.1 cm³/mol. The first-order valence-electron chi connectivity index (χ1n) is 6.15. The molecule has 94 valence electrons. The highest BCUT2D eigenvalue weighted by Crippen LogP contribution is 2.30. The number of benzene rings is 1. The second-order valence-electron chi connectivity index (χ2n) is 4.29. The lowest BCUT2D eigenvalue weighted by Gasteiger charge is -2.16. The third kappa shape index (κ3) is 2.11. The zero-order valence-corrected chi connectivity index (χ0v) is 11.0. The van der Waals surface area contributed by atoms with Crippen molar-refractivity contribution < 1.29 is 4.74 Å². The molecule has 0 radical (unpaired) electrons. The van der Waals surface area contributed by atoms with E-state index in [-0.39, 0.29) is 6.04 Å². The van der Waals surface area contributed by atoms with Crippen LogP contribution in [-0.2, 0) is 6.42 Å². The summed E-state index contributed by atoms with van der Waals surface area (Å²) < 4.78 is 14.0. The van der Waals surface area contributed by atoms with Crippen LogP contribution in [0.25, 0.3) is 0 Å². The molecule has 0 saturated heterocycles. The molecule has 18 heavy (non-hydrogen) atoms. The summed E-state index contributed by atoms with van der Waals surface area (Å²) in [5, 5.41) is 3.46. The Kier molecular flexibility index (Phi) is 3.25. The molecule has 0 aliphatic carbocycles. The van der Waals surface area contributed by atoms with Gasteiger partial charge >= 0.3 is 0 Å². The second kappa shape index (κ2) is 5.04. The molecule has 0 saturated carbocycles. The highest BCUT2D eigenvalue weighted by atomic mass is 32.1. The van der Waals surface area contributed by atoms with Gasteiger partial charge in [0.25, 0.3) is 0 Å². The van der Waals surface area contributed by atoms with Crippen LogP contribution in [-0.4, -0.2) is 21.9 Å². The highest BCUT2D eigenvalue weighted by molar-refractivity contribution is 6.99. The van der Waals surface area contributed by atoms with Crippen molar-refractivity contribution >= 4 is 11.7 Å². The van der Waals surface area contributed by atoms with E-state index < -0.39 is 0 Å². The lowest BCUT2D eigenvalue weighted by atomic mass is 10.0. The molecule has 2 aromatic rings. The molecule has 5 heteroatoms. The van der Waals surface area contributed by atoms with Gasteiger partial charge in [-0.15, -0.1) is 0 Å². The molecule has 3 rings (SSSR count). The maximum absolute atomic E-state index is 5.54. The Hall–Kier alpha value is -1.46. The molecule has 1 aromatic heterocycles. The minimum atomic E-state index is 0.125. The number of nitrogens with one attached hydrogen (secondary N) is 1. The molecule has 0 spiro atoms. The van der Waals surface area contributed by atoms with Gasteiger partial charge in [0.2, 0.25) is 0 Å². The summed E-state index contributed by atoms with van der Waals surface area (Å²) >= 11 is 1.25. The van der Waals surface area contributed by atoms with Crippen molar-refractivity contribution in [2.24, 2.45) is 0 Å². The molecule has 1 N–H and O–H groups in total. The molecular formula is C13H15N3OS. The van der Waals surface area contributed by atoms with Crippen LogP contribution in [0.3, 0.4) is 0 Å². The molecule has 1 aromatic carbocycles. The van der Waals surface area contributed by atoms with Gasteiger partial charge in [0.15, 0.2) is 0 Å². The van der Waals surface area contributed by atoms with E-state index in [1.165, 1.54) is 22.9 Å². The third-order valence-electron chi connectivity index (χ3n) is 3.13. The molecule has 0 fully saturated rings. The van der Waals surface area contributed by atoms with Crippen molar-refractivity contribution in [3.63, 3.8) is 0 Å². The summed E-state index contributed by atoms with van der Waals surface area (Å²) in [6.07, 6.45) is 2.83. The summed E-state index contributed by atoms with van der Waals surface area (Å²) in [5.41, 5.74) is 3.51. The molecule has 0 bridgehead atoms. The minimum Gasteiger partial charge on any atom is -0.493 e. The van der Waals surface area contributed by atoms with Crippen LogP contribution < -0.4 is 10.1 Å². The van der Waals surface area contributed by atoms with E-state index in [9.17, 15) is 0 Å². The Morgan fingerprint density at radius 1 is 1.50 bits per heavy atom. The Balaban J connectivity index is 1.95. The topological polar surface area (TPSA) is 47.0 Å². The van der Waals surface area contributed by atoms with Crippen LogP contribution in [0.15, 0.2) is 24.4 Å². The minimum absolute atomic E-state index is 0.125. The van der Waals surface area contributed by atoms with E-state index in [1.54, 1.807) is 0 Å². The average molecular weight is 261 g/mol. The Morgan fingerprint density at radius 3 is 3.22 bits per heavy atom. The first kappa shape index (κ1) is 11.6. The van der Waals surface area contributed by atoms with Gasteiger partial charge in [-0.2, -0.15) is 8.75 Å². The zero-order valence-electron chi connectivity index (χ0n) is 10.2. The van der Waals surface area contributed by atoms with E-state index in [4.69, 9.17) is 4.74 Å². The van der Waals surface area contributed by atoms with Gasteiger partial charge in [-0.1, -0.05) is 19.1 Å². The van der Waals surface area contributed by atoms with E-state index in [2.05, 4.69) is 39.2 Å². The molecule has 2 heterocycles. The third-order valence-corrected chi connectivity index (χ3v) is 3.62. The lowest BCUT2D eigenvalue weighted by molar-refractivity contribution is 0.357. The lowest BCUT2D eigenvalue weighted by Crippen LogP contribution is -2.22. The van der Waals surface area contributed by atoms with Crippen molar-refractivity contribution in [3.05, 3.63) is 41.2 Å². The number of ether oxygens (including phenoxy) is 1. The summed E-state index contributed by atoms with van der Waals surface area (Å²) in [5.74, 6) is 1.02. The average Bonchev–Trinajstić information content (AvgIpc) is 3.05. The first-order chi connectivity index (χ1) is 8.88. The Bertz CT molecular complexity index is 527. The molecule has 1 atom stereocenters. The van der Waals surface area contributed by atoms with Gasteiger partial charge in [0.05, 0.1) is 36.3 Å². The maximum atomic E-state index is 5.54. The molecular weight excluding hydrogens is 246 g/mol. The summed E-state index contributed by atoms with van der Waals surface area (Å²) in [6.45, 7) is 3.79. The fraction of sp³-hybridized carbons (Fsp3) is 0.385. The number of rotatable bonds is 4. The smallest absolute Gasteiger partial charge is 0.122 e. The van der Waals surface area contributed by atoms with Crippen molar-refractivity contribution in [3.8, 4) is 5.75 Å². The second-order valence-corrected chi connectivity index (χ2v) is 4.85. The first-order valence-corrected chi connectivity index (χ1v) is 6.88. The normalized spacial score (nSPS) is 15.2. The monoisotopic (exact) mass is 261 g/mol. The fourth-order valence-corrected chi connectivity index (χ4v) is 2.73. The molecule has 0 amide bonds. The van der Waals surface area contributed by atoms with Crippen LogP contribution in [0.4, 0.5) is 0 Å². The van der Waals surface area contributed by atoms with Gasteiger partial charge in [-0.25, -0.2) is 0 Å². The SMILES string of the molecule is CCNC(c1ccc2c(c1)CCO2)c1cnsn1. The van der Waals surface area contributed by atoms with Crippen molar-refractivity contribution in [2.75, 3.05) is 13.2 Å². The van der Waals surface area contributed by atoms with Gasteiger partial charge in [0.1, 0.15) is 5.75 Å². The van der Waals surface area contributed by atoms with Gasteiger partial charge in [-0.05, 0) is 23.7 Å². The molecule has 1 unspecified atom stereocenters. The van der Waals surface area contributed by atoms with Crippen molar-refractivity contribution in [1.82, 2.24) is 14.1 Å². The maximum Gasteiger partial charge on any atom is 0.122 e. The van der Waals surface area contributed by atoms with Gasteiger partial charge in [-0.3, -0.25) is 0 Å². The van der Waals surface area contributed by atoms with Crippen LogP contribution in [0.2, 0.25) is 0 Å². The number of aromatic nitrogens is 2. The van der Waals surface area contributed by atoms with E-state index >= 15 is 0 Å². The van der Waals surface area contributed by atoms with Crippen LogP contribution >= 0.6 is 11.7 Å². The summed E-state index contributed by atoms with van der Waals surface area (Å²) in [6, 6.07) is 6.51. The molecule has 1 aliphatic rings. The van der Waals surface area contributed by atoms with E-state index in [1.807, 2.05) is 6.20 Å². The number of hydrogen-bond acceptors (Lipinski definition) is 5. The Morgan fingerprint density at radius 2 is 2.44 bits per heavy atom. The molecule has 4 nitrogen and oxygen atoms in total. The van der Waals surface area contributed by atoms with Gasteiger partial charge < -0.3 is 10.1 Å². The van der Waals surface area contributed by atoms with Crippen LogP contribution in [0.1, 0.15) is 29.8 Å². The number of nitrogens with zero attached hydrogens (tertiary/aromatic N) is 2. The molecule has 1 aliphatic heterocycles. The summed E-state index contributed by atoms with van der Waals surface area (Å²) in [7, 11) is 0. The van der Waals surface area contributed by atoms with E-state index in [0.29, 0.717) is 0 Å².